The quantitative estimate of drug-likeness (QED) is 0.575. The molecule has 0 saturated carbocycles. The smallest absolute Gasteiger partial charge is 0.224 e. The van der Waals surface area contributed by atoms with E-state index in [1.165, 1.54) is 16.0 Å². The maximum atomic E-state index is 12.7. The van der Waals surface area contributed by atoms with Crippen molar-refractivity contribution in [2.24, 2.45) is 0 Å². The summed E-state index contributed by atoms with van der Waals surface area (Å²) in [5.74, 6) is 0.0267. The molecular weight excluding hydrogens is 372 g/mol. The average molecular weight is 406 g/mol. The van der Waals surface area contributed by atoms with Crippen LogP contribution in [0.2, 0.25) is 0 Å². The van der Waals surface area contributed by atoms with Gasteiger partial charge in [0, 0.05) is 23.4 Å². The van der Waals surface area contributed by atoms with Gasteiger partial charge >= 0.3 is 0 Å². The molecule has 158 valence electrons. The number of hydrogen-bond donors (Lipinski definition) is 2. The topological polar surface area (TPSA) is 51.4 Å². The van der Waals surface area contributed by atoms with Gasteiger partial charge in [-0.1, -0.05) is 42.5 Å². The van der Waals surface area contributed by atoms with E-state index in [4.69, 9.17) is 0 Å². The van der Waals surface area contributed by atoms with Gasteiger partial charge in [-0.2, -0.15) is 5.10 Å². The molecule has 1 heterocycles. The molecule has 3 aromatic rings. The van der Waals surface area contributed by atoms with E-state index in [-0.39, 0.29) is 5.91 Å². The van der Waals surface area contributed by atoms with Crippen LogP contribution >= 0.6 is 0 Å². The molecule has 1 aromatic heterocycles. The molecule has 5 heteroatoms. The van der Waals surface area contributed by atoms with Crippen molar-refractivity contribution in [1.29, 1.82) is 0 Å². The van der Waals surface area contributed by atoms with Crippen LogP contribution in [-0.2, 0) is 24.3 Å². The predicted octanol–water partition coefficient (Wildman–Crippen LogP) is 2.77. The fraction of sp³-hybridized carbons (Fsp3) is 0.360. The lowest BCUT2D eigenvalue weighted by Crippen LogP contribution is -3.10. The Labute approximate surface area is 179 Å². The Hall–Kier alpha value is -2.92. The highest BCUT2D eigenvalue weighted by molar-refractivity contribution is 5.79. The van der Waals surface area contributed by atoms with E-state index in [0.717, 1.165) is 42.3 Å². The van der Waals surface area contributed by atoms with Crippen LogP contribution in [0, 0.1) is 13.8 Å². The molecule has 0 unspecified atom stereocenters. The Morgan fingerprint density at radius 1 is 0.967 bits per heavy atom. The highest BCUT2D eigenvalue weighted by Crippen LogP contribution is 2.18. The molecule has 0 saturated heterocycles. The molecule has 0 aliphatic heterocycles. The van der Waals surface area contributed by atoms with E-state index in [1.54, 1.807) is 0 Å². The number of benzene rings is 2. The van der Waals surface area contributed by atoms with Crippen LogP contribution in [-0.4, -0.2) is 28.8 Å². The molecule has 1 amide bonds. The van der Waals surface area contributed by atoms with Crippen LogP contribution in [0.3, 0.4) is 0 Å². The Balaban J connectivity index is 1.67. The molecule has 2 N–H and O–H groups in total. The van der Waals surface area contributed by atoms with Crippen LogP contribution in [0.25, 0.3) is 5.69 Å². The first-order chi connectivity index (χ1) is 14.5. The molecule has 0 bridgehead atoms. The normalized spacial score (nSPS) is 11.1. The molecule has 0 aliphatic carbocycles. The molecule has 0 radical (unpaired) electrons. The number of nitrogens with zero attached hydrogens (tertiary/aromatic N) is 2. The highest BCUT2D eigenvalue weighted by Gasteiger charge is 2.16. The third-order valence-electron chi connectivity index (χ3n) is 5.81. The zero-order valence-electron chi connectivity index (χ0n) is 18.5. The number of aromatic nitrogens is 2. The van der Waals surface area contributed by atoms with E-state index in [9.17, 15) is 4.79 Å². The standard InChI is InChI=1S/C25H32N4O/c1-5-28(6-2)18-22-13-11-10-12-21(22)17-26-25(30)16-24-19(3)27-29(20(24)4)23-14-8-7-9-15-23/h7-15H,5-6,16-18H2,1-4H3,(H,26,30)/p+1. The van der Waals surface area contributed by atoms with Crippen LogP contribution in [0.1, 0.15) is 41.9 Å². The summed E-state index contributed by atoms with van der Waals surface area (Å²) in [5.41, 5.74) is 6.42. The average Bonchev–Trinajstić information content (AvgIpc) is 3.05. The summed E-state index contributed by atoms with van der Waals surface area (Å²) >= 11 is 0. The van der Waals surface area contributed by atoms with Crippen molar-refractivity contribution in [3.05, 3.63) is 82.7 Å². The molecule has 2 aromatic carbocycles. The van der Waals surface area contributed by atoms with E-state index in [2.05, 4.69) is 42.5 Å². The van der Waals surface area contributed by atoms with E-state index >= 15 is 0 Å². The lowest BCUT2D eigenvalue weighted by atomic mass is 10.1. The summed E-state index contributed by atoms with van der Waals surface area (Å²) in [7, 11) is 0. The lowest BCUT2D eigenvalue weighted by Gasteiger charge is -2.18. The fourth-order valence-electron chi connectivity index (χ4n) is 3.84. The largest absolute Gasteiger partial charge is 0.352 e. The molecular formula is C25H33N4O+. The third kappa shape index (κ3) is 5.16. The lowest BCUT2D eigenvalue weighted by molar-refractivity contribution is -0.910. The molecule has 0 atom stereocenters. The number of amides is 1. The van der Waals surface area contributed by atoms with Gasteiger partial charge < -0.3 is 10.2 Å². The SMILES string of the molecule is CC[NH+](CC)Cc1ccccc1CNC(=O)Cc1c(C)nn(-c2ccccc2)c1C. The van der Waals surface area contributed by atoms with Crippen molar-refractivity contribution < 1.29 is 9.69 Å². The van der Waals surface area contributed by atoms with Crippen molar-refractivity contribution in [2.45, 2.75) is 47.2 Å². The van der Waals surface area contributed by atoms with Crippen LogP contribution in [0.5, 0.6) is 0 Å². The van der Waals surface area contributed by atoms with E-state index < -0.39 is 0 Å². The van der Waals surface area contributed by atoms with Gasteiger partial charge in [0.2, 0.25) is 5.91 Å². The van der Waals surface area contributed by atoms with Gasteiger partial charge in [0.25, 0.3) is 0 Å². The first kappa shape index (κ1) is 21.8. The summed E-state index contributed by atoms with van der Waals surface area (Å²) in [6.45, 7) is 12.2. The zero-order valence-corrected chi connectivity index (χ0v) is 18.5. The van der Waals surface area contributed by atoms with Crippen molar-refractivity contribution in [2.75, 3.05) is 13.1 Å². The van der Waals surface area contributed by atoms with Crippen LogP contribution in [0.15, 0.2) is 54.6 Å². The molecule has 30 heavy (non-hydrogen) atoms. The second kappa shape index (κ2) is 10.2. The maximum absolute atomic E-state index is 12.7. The minimum absolute atomic E-state index is 0.0267. The summed E-state index contributed by atoms with van der Waals surface area (Å²) in [4.78, 5) is 14.3. The monoisotopic (exact) mass is 405 g/mol. The number of carbonyl (C=O) groups excluding carboxylic acids is 1. The van der Waals surface area contributed by atoms with Gasteiger partial charge in [0.15, 0.2) is 0 Å². The summed E-state index contributed by atoms with van der Waals surface area (Å²) < 4.78 is 1.92. The number of quaternary nitrogens is 1. The summed E-state index contributed by atoms with van der Waals surface area (Å²) in [6.07, 6.45) is 0.341. The second-order valence-corrected chi connectivity index (χ2v) is 7.75. The second-order valence-electron chi connectivity index (χ2n) is 7.75. The zero-order chi connectivity index (χ0) is 21.5. The highest BCUT2D eigenvalue weighted by atomic mass is 16.1. The fourth-order valence-corrected chi connectivity index (χ4v) is 3.84. The van der Waals surface area contributed by atoms with E-state index in [0.29, 0.717) is 13.0 Å². The number of para-hydroxylation sites is 1. The Morgan fingerprint density at radius 3 is 2.27 bits per heavy atom. The number of carbonyl (C=O) groups is 1. The summed E-state index contributed by atoms with van der Waals surface area (Å²) in [6, 6.07) is 18.4. The molecule has 5 nitrogen and oxygen atoms in total. The molecule has 0 aliphatic rings. The first-order valence-electron chi connectivity index (χ1n) is 10.8. The van der Waals surface area contributed by atoms with Gasteiger partial charge in [-0.25, -0.2) is 4.68 Å². The number of aryl methyl sites for hydroxylation is 1. The number of rotatable bonds is 9. The van der Waals surface area contributed by atoms with Gasteiger partial charge in [0.1, 0.15) is 6.54 Å². The van der Waals surface area contributed by atoms with Gasteiger partial charge in [-0.15, -0.1) is 0 Å². The van der Waals surface area contributed by atoms with Crippen molar-refractivity contribution in [3.8, 4) is 5.69 Å². The van der Waals surface area contributed by atoms with E-state index in [1.807, 2.05) is 54.9 Å². The molecule has 0 spiro atoms. The third-order valence-corrected chi connectivity index (χ3v) is 5.81. The number of hydrogen-bond acceptors (Lipinski definition) is 2. The van der Waals surface area contributed by atoms with Crippen LogP contribution < -0.4 is 10.2 Å². The predicted molar refractivity (Wildman–Crippen MR) is 121 cm³/mol. The van der Waals surface area contributed by atoms with Crippen molar-refractivity contribution in [3.63, 3.8) is 0 Å². The first-order valence-corrected chi connectivity index (χ1v) is 10.8. The molecule has 3 rings (SSSR count). The van der Waals surface area contributed by atoms with Crippen molar-refractivity contribution in [1.82, 2.24) is 15.1 Å². The number of nitrogens with one attached hydrogen (secondary N) is 2. The van der Waals surface area contributed by atoms with Gasteiger partial charge in [0.05, 0.1) is 30.9 Å². The Bertz CT molecular complexity index is 974. The minimum Gasteiger partial charge on any atom is -0.352 e. The Morgan fingerprint density at radius 2 is 1.60 bits per heavy atom. The summed E-state index contributed by atoms with van der Waals surface area (Å²) in [5, 5.41) is 7.77. The van der Waals surface area contributed by atoms with Gasteiger partial charge in [-0.05, 0) is 45.4 Å². The minimum atomic E-state index is 0.0267. The van der Waals surface area contributed by atoms with Gasteiger partial charge in [-0.3, -0.25) is 4.79 Å². The molecule has 0 fully saturated rings. The van der Waals surface area contributed by atoms with Crippen LogP contribution in [0.4, 0.5) is 0 Å². The van der Waals surface area contributed by atoms with Crippen molar-refractivity contribution >= 4 is 5.91 Å². The Kier molecular flexibility index (Phi) is 7.41. The maximum Gasteiger partial charge on any atom is 0.224 e.